The molecule has 0 aliphatic rings. The van der Waals surface area contributed by atoms with Gasteiger partial charge in [0.25, 0.3) is 0 Å². The van der Waals surface area contributed by atoms with Crippen molar-refractivity contribution in [2.75, 3.05) is 5.73 Å². The highest BCUT2D eigenvalue weighted by molar-refractivity contribution is 5.72. The zero-order chi connectivity index (χ0) is 15.3. The number of benzene rings is 1. The van der Waals surface area contributed by atoms with Crippen LogP contribution in [0.2, 0.25) is 0 Å². The minimum atomic E-state index is -0.411. The van der Waals surface area contributed by atoms with Gasteiger partial charge in [0.1, 0.15) is 5.60 Å². The lowest BCUT2D eigenvalue weighted by Crippen LogP contribution is -2.28. The van der Waals surface area contributed by atoms with Crippen LogP contribution in [0.1, 0.15) is 46.6 Å². The molecule has 0 radical (unpaired) electrons. The zero-order valence-electron chi connectivity index (χ0n) is 13.3. The number of ether oxygens (including phenoxy) is 1. The second-order valence-corrected chi connectivity index (χ2v) is 6.72. The maximum absolute atomic E-state index is 12.0. The van der Waals surface area contributed by atoms with E-state index in [2.05, 4.69) is 6.92 Å². The summed E-state index contributed by atoms with van der Waals surface area (Å²) in [6, 6.07) is 7.92. The summed E-state index contributed by atoms with van der Waals surface area (Å²) in [5.74, 6) is 0.251. The van der Waals surface area contributed by atoms with E-state index in [0.29, 0.717) is 5.92 Å². The molecular formula is C17H27NO2. The lowest BCUT2D eigenvalue weighted by atomic mass is 9.91. The van der Waals surface area contributed by atoms with Crippen molar-refractivity contribution >= 4 is 11.7 Å². The molecule has 0 aliphatic heterocycles. The van der Waals surface area contributed by atoms with Crippen molar-refractivity contribution in [2.45, 2.75) is 53.1 Å². The molecule has 1 aromatic carbocycles. The van der Waals surface area contributed by atoms with Crippen LogP contribution in [0.15, 0.2) is 24.3 Å². The Bertz CT molecular complexity index is 431. The molecule has 1 aromatic rings. The molecule has 20 heavy (non-hydrogen) atoms. The highest BCUT2D eigenvalue weighted by atomic mass is 16.6. The fourth-order valence-electron chi connectivity index (χ4n) is 2.24. The van der Waals surface area contributed by atoms with E-state index in [1.165, 1.54) is 5.56 Å². The Hall–Kier alpha value is -1.51. The Labute approximate surface area is 122 Å². The molecule has 0 heterocycles. The third-order valence-corrected chi connectivity index (χ3v) is 3.13. The molecule has 0 saturated heterocycles. The Morgan fingerprint density at radius 3 is 2.25 bits per heavy atom. The minimum absolute atomic E-state index is 0.0713. The molecule has 3 heteroatoms. The van der Waals surface area contributed by atoms with Crippen LogP contribution in [0, 0.1) is 11.8 Å². The molecule has 0 saturated carbocycles. The number of carbonyl (C=O) groups excluding carboxylic acids is 1. The molecule has 0 fully saturated rings. The SMILES string of the molecule is C[C@@H](Cc1ccc(N)cc1)C[C@@H](C)C(=O)OC(C)(C)C. The molecular weight excluding hydrogens is 250 g/mol. The van der Waals surface area contributed by atoms with Gasteiger partial charge in [-0.15, -0.1) is 0 Å². The fourth-order valence-corrected chi connectivity index (χ4v) is 2.24. The topological polar surface area (TPSA) is 52.3 Å². The monoisotopic (exact) mass is 277 g/mol. The summed E-state index contributed by atoms with van der Waals surface area (Å²) < 4.78 is 5.41. The van der Waals surface area contributed by atoms with Crippen molar-refractivity contribution in [3.8, 4) is 0 Å². The number of hydrogen-bond acceptors (Lipinski definition) is 3. The van der Waals surface area contributed by atoms with E-state index >= 15 is 0 Å². The van der Waals surface area contributed by atoms with Crippen molar-refractivity contribution in [1.82, 2.24) is 0 Å². The molecule has 0 amide bonds. The normalized spacial score (nSPS) is 14.7. The van der Waals surface area contributed by atoms with Gasteiger partial charge in [0, 0.05) is 5.69 Å². The first kappa shape index (κ1) is 16.5. The van der Waals surface area contributed by atoms with E-state index in [1.807, 2.05) is 52.0 Å². The summed E-state index contributed by atoms with van der Waals surface area (Å²) >= 11 is 0. The summed E-state index contributed by atoms with van der Waals surface area (Å²) in [6.07, 6.45) is 1.78. The molecule has 0 aliphatic carbocycles. The van der Waals surface area contributed by atoms with Crippen molar-refractivity contribution < 1.29 is 9.53 Å². The number of nitrogen functional groups attached to an aromatic ring is 1. The Balaban J connectivity index is 2.47. The highest BCUT2D eigenvalue weighted by Crippen LogP contribution is 2.20. The third-order valence-electron chi connectivity index (χ3n) is 3.13. The van der Waals surface area contributed by atoms with Crippen LogP contribution >= 0.6 is 0 Å². The van der Waals surface area contributed by atoms with Gasteiger partial charge >= 0.3 is 5.97 Å². The summed E-state index contributed by atoms with van der Waals surface area (Å²) in [7, 11) is 0. The van der Waals surface area contributed by atoms with E-state index < -0.39 is 5.60 Å². The van der Waals surface area contributed by atoms with Crippen LogP contribution in [0.4, 0.5) is 5.69 Å². The first-order valence-corrected chi connectivity index (χ1v) is 7.24. The van der Waals surface area contributed by atoms with Gasteiger partial charge in [-0.1, -0.05) is 26.0 Å². The summed E-state index contributed by atoms with van der Waals surface area (Å²) in [4.78, 5) is 12.0. The average molecular weight is 277 g/mol. The van der Waals surface area contributed by atoms with E-state index in [9.17, 15) is 4.79 Å². The quantitative estimate of drug-likeness (QED) is 0.657. The maximum atomic E-state index is 12.0. The molecule has 2 N–H and O–H groups in total. The number of esters is 1. The van der Waals surface area contributed by atoms with E-state index in [1.54, 1.807) is 0 Å². The Kier molecular flexibility index (Phi) is 5.61. The molecule has 0 unspecified atom stereocenters. The summed E-state index contributed by atoms with van der Waals surface area (Å²) in [5.41, 5.74) is 7.30. The average Bonchev–Trinajstić information content (AvgIpc) is 2.29. The second-order valence-electron chi connectivity index (χ2n) is 6.72. The summed E-state index contributed by atoms with van der Waals surface area (Å²) in [5, 5.41) is 0. The van der Waals surface area contributed by atoms with Gasteiger partial charge in [-0.25, -0.2) is 0 Å². The van der Waals surface area contributed by atoms with Crippen LogP contribution in [-0.4, -0.2) is 11.6 Å². The minimum Gasteiger partial charge on any atom is -0.460 e. The summed E-state index contributed by atoms with van der Waals surface area (Å²) in [6.45, 7) is 9.80. The highest BCUT2D eigenvalue weighted by Gasteiger charge is 2.23. The van der Waals surface area contributed by atoms with E-state index in [0.717, 1.165) is 18.5 Å². The van der Waals surface area contributed by atoms with Gasteiger partial charge < -0.3 is 10.5 Å². The van der Waals surface area contributed by atoms with Crippen LogP contribution in [0.3, 0.4) is 0 Å². The van der Waals surface area contributed by atoms with Crippen molar-refractivity contribution in [2.24, 2.45) is 11.8 Å². The fraction of sp³-hybridized carbons (Fsp3) is 0.588. The van der Waals surface area contributed by atoms with Gasteiger partial charge in [0.05, 0.1) is 5.92 Å². The molecule has 3 nitrogen and oxygen atoms in total. The van der Waals surface area contributed by atoms with Crippen molar-refractivity contribution in [3.05, 3.63) is 29.8 Å². The first-order valence-electron chi connectivity index (χ1n) is 7.24. The number of nitrogens with two attached hydrogens (primary N) is 1. The lowest BCUT2D eigenvalue weighted by molar-refractivity contribution is -0.159. The number of anilines is 1. The third kappa shape index (κ3) is 6.09. The van der Waals surface area contributed by atoms with Crippen molar-refractivity contribution in [1.29, 1.82) is 0 Å². The smallest absolute Gasteiger partial charge is 0.309 e. The molecule has 112 valence electrons. The second kappa shape index (κ2) is 6.78. The zero-order valence-corrected chi connectivity index (χ0v) is 13.3. The van der Waals surface area contributed by atoms with Crippen LogP contribution in [0.5, 0.6) is 0 Å². The Morgan fingerprint density at radius 1 is 1.20 bits per heavy atom. The number of hydrogen-bond donors (Lipinski definition) is 1. The van der Waals surface area contributed by atoms with Crippen molar-refractivity contribution in [3.63, 3.8) is 0 Å². The van der Waals surface area contributed by atoms with Crippen LogP contribution < -0.4 is 5.73 Å². The largest absolute Gasteiger partial charge is 0.460 e. The van der Waals surface area contributed by atoms with Gasteiger partial charge in [0.2, 0.25) is 0 Å². The van der Waals surface area contributed by atoms with Crippen LogP contribution in [0.25, 0.3) is 0 Å². The Morgan fingerprint density at radius 2 is 1.75 bits per heavy atom. The maximum Gasteiger partial charge on any atom is 0.309 e. The number of carbonyl (C=O) groups is 1. The predicted octanol–water partition coefficient (Wildman–Crippen LogP) is 3.82. The van der Waals surface area contributed by atoms with Crippen LogP contribution in [-0.2, 0) is 16.0 Å². The van der Waals surface area contributed by atoms with E-state index in [4.69, 9.17) is 10.5 Å². The molecule has 1 rings (SSSR count). The van der Waals surface area contributed by atoms with E-state index in [-0.39, 0.29) is 11.9 Å². The lowest BCUT2D eigenvalue weighted by Gasteiger charge is -2.23. The molecule has 0 spiro atoms. The van der Waals surface area contributed by atoms with Gasteiger partial charge in [-0.3, -0.25) is 4.79 Å². The molecule has 0 bridgehead atoms. The predicted molar refractivity (Wildman–Crippen MR) is 83.3 cm³/mol. The van der Waals surface area contributed by atoms with Gasteiger partial charge in [0.15, 0.2) is 0 Å². The molecule has 0 aromatic heterocycles. The molecule has 2 atom stereocenters. The van der Waals surface area contributed by atoms with Gasteiger partial charge in [-0.05, 0) is 57.2 Å². The number of rotatable bonds is 5. The first-order chi connectivity index (χ1) is 9.17. The van der Waals surface area contributed by atoms with Gasteiger partial charge in [-0.2, -0.15) is 0 Å². The standard InChI is InChI=1S/C17H27NO2/c1-12(11-14-6-8-15(18)9-7-14)10-13(2)16(19)20-17(3,4)5/h6-9,12-13H,10-11,18H2,1-5H3/t12-,13-/m1/s1.